The summed E-state index contributed by atoms with van der Waals surface area (Å²) in [5.41, 5.74) is -1.18. The number of nitrogens with one attached hydrogen (secondary N) is 1. The molecule has 22 heavy (non-hydrogen) atoms. The number of anilines is 1. The Bertz CT molecular complexity index is 537. The molecule has 122 valence electrons. The van der Waals surface area contributed by atoms with Crippen LogP contribution in [-0.2, 0) is 15.7 Å². The predicted octanol–water partition coefficient (Wildman–Crippen LogP) is 3.47. The van der Waals surface area contributed by atoms with Crippen molar-refractivity contribution in [3.63, 3.8) is 0 Å². The molecule has 1 aromatic rings. The predicted molar refractivity (Wildman–Crippen MR) is 74.8 cm³/mol. The number of carbonyl (C=O) groups excluding carboxylic acids is 1. The molecule has 1 saturated heterocycles. The molecule has 2 rings (SSSR count). The molecular formula is C15H18F3NO3. The molecule has 1 aromatic carbocycles. The molecule has 0 aromatic heterocycles. The number of halogens is 3. The van der Waals surface area contributed by atoms with Crippen molar-refractivity contribution in [2.24, 2.45) is 5.92 Å². The Morgan fingerprint density at radius 3 is 2.68 bits per heavy atom. The zero-order valence-electron chi connectivity index (χ0n) is 12.4. The third-order valence-corrected chi connectivity index (χ3v) is 3.23. The number of hydrogen-bond acceptors (Lipinski definition) is 3. The molecule has 0 aliphatic carbocycles. The maximum Gasteiger partial charge on any atom is 0.418 e. The Labute approximate surface area is 126 Å². The van der Waals surface area contributed by atoms with E-state index < -0.39 is 23.6 Å². The van der Waals surface area contributed by atoms with Gasteiger partial charge in [0.1, 0.15) is 5.75 Å². The summed E-state index contributed by atoms with van der Waals surface area (Å²) in [4.78, 5) is 12.0. The summed E-state index contributed by atoms with van der Waals surface area (Å²) < 4.78 is 49.8. The Morgan fingerprint density at radius 1 is 1.41 bits per heavy atom. The molecule has 1 fully saturated rings. The lowest BCUT2D eigenvalue weighted by Gasteiger charge is -2.18. The lowest BCUT2D eigenvalue weighted by Crippen LogP contribution is -2.24. The van der Waals surface area contributed by atoms with Crippen LogP contribution in [0.5, 0.6) is 5.75 Å². The van der Waals surface area contributed by atoms with Gasteiger partial charge >= 0.3 is 6.18 Å². The summed E-state index contributed by atoms with van der Waals surface area (Å²) in [6, 6.07) is 3.53. The smallest absolute Gasteiger partial charge is 0.418 e. The quantitative estimate of drug-likeness (QED) is 0.925. The summed E-state index contributed by atoms with van der Waals surface area (Å²) in [7, 11) is 0. The SMILES string of the molecule is CC(C)Oc1ccc(NC(=O)C2CCOC2)c(C(F)(F)F)c1. The van der Waals surface area contributed by atoms with Crippen LogP contribution in [0.15, 0.2) is 18.2 Å². The summed E-state index contributed by atoms with van der Waals surface area (Å²) in [6.45, 7) is 4.14. The summed E-state index contributed by atoms with van der Waals surface area (Å²) >= 11 is 0. The van der Waals surface area contributed by atoms with Gasteiger partial charge in [-0.2, -0.15) is 13.2 Å². The van der Waals surface area contributed by atoms with Gasteiger partial charge < -0.3 is 14.8 Å². The first-order valence-electron chi connectivity index (χ1n) is 7.04. The Morgan fingerprint density at radius 2 is 2.14 bits per heavy atom. The van der Waals surface area contributed by atoms with Crippen LogP contribution in [0.25, 0.3) is 0 Å². The molecule has 1 unspecified atom stereocenters. The summed E-state index contributed by atoms with van der Waals surface area (Å²) in [5, 5.41) is 2.35. The fourth-order valence-electron chi connectivity index (χ4n) is 2.19. The molecule has 0 saturated carbocycles. The minimum atomic E-state index is -4.58. The number of hydrogen-bond donors (Lipinski definition) is 1. The van der Waals surface area contributed by atoms with E-state index >= 15 is 0 Å². The molecule has 0 spiro atoms. The van der Waals surface area contributed by atoms with E-state index in [1.807, 2.05) is 0 Å². The van der Waals surface area contributed by atoms with Gasteiger partial charge in [0.15, 0.2) is 0 Å². The standard InChI is InChI=1S/C15H18F3NO3/c1-9(2)22-11-3-4-13(12(7-11)15(16,17)18)19-14(20)10-5-6-21-8-10/h3-4,7,9-10H,5-6,8H2,1-2H3,(H,19,20). The zero-order chi connectivity index (χ0) is 16.3. The van der Waals surface area contributed by atoms with Gasteiger partial charge in [-0.3, -0.25) is 4.79 Å². The van der Waals surface area contributed by atoms with Crippen LogP contribution in [0.4, 0.5) is 18.9 Å². The topological polar surface area (TPSA) is 47.6 Å². The highest BCUT2D eigenvalue weighted by molar-refractivity contribution is 5.93. The monoisotopic (exact) mass is 317 g/mol. The van der Waals surface area contributed by atoms with Crippen molar-refractivity contribution < 1.29 is 27.4 Å². The third kappa shape index (κ3) is 4.13. The van der Waals surface area contributed by atoms with E-state index in [9.17, 15) is 18.0 Å². The van der Waals surface area contributed by atoms with E-state index in [4.69, 9.17) is 9.47 Å². The summed E-state index contributed by atoms with van der Waals surface area (Å²) in [6.07, 6.45) is -4.30. The van der Waals surface area contributed by atoms with E-state index in [0.29, 0.717) is 13.0 Å². The van der Waals surface area contributed by atoms with Gasteiger partial charge in [-0.15, -0.1) is 0 Å². The van der Waals surface area contributed by atoms with Crippen LogP contribution in [0.1, 0.15) is 25.8 Å². The van der Waals surface area contributed by atoms with Crippen LogP contribution in [0, 0.1) is 5.92 Å². The normalized spacial score (nSPS) is 18.5. The van der Waals surface area contributed by atoms with Crippen LogP contribution in [-0.4, -0.2) is 25.2 Å². The molecular weight excluding hydrogens is 299 g/mol. The van der Waals surface area contributed by atoms with Crippen molar-refractivity contribution in [2.45, 2.75) is 32.5 Å². The number of alkyl halides is 3. The maximum absolute atomic E-state index is 13.2. The fourth-order valence-corrected chi connectivity index (χ4v) is 2.19. The van der Waals surface area contributed by atoms with Crippen LogP contribution < -0.4 is 10.1 Å². The van der Waals surface area contributed by atoms with Crippen LogP contribution in [0.3, 0.4) is 0 Å². The van der Waals surface area contributed by atoms with E-state index in [0.717, 1.165) is 6.07 Å². The minimum absolute atomic E-state index is 0.115. The molecule has 7 heteroatoms. The second kappa shape index (κ2) is 6.56. The van der Waals surface area contributed by atoms with Crippen molar-refractivity contribution in [3.05, 3.63) is 23.8 Å². The number of carbonyl (C=O) groups is 1. The van der Waals surface area contributed by atoms with Gasteiger partial charge in [-0.1, -0.05) is 0 Å². The zero-order valence-corrected chi connectivity index (χ0v) is 12.4. The van der Waals surface area contributed by atoms with Gasteiger partial charge in [0.05, 0.1) is 29.9 Å². The molecule has 1 atom stereocenters. The third-order valence-electron chi connectivity index (χ3n) is 3.23. The largest absolute Gasteiger partial charge is 0.491 e. The average Bonchev–Trinajstić information content (AvgIpc) is 2.92. The minimum Gasteiger partial charge on any atom is -0.491 e. The van der Waals surface area contributed by atoms with Crippen molar-refractivity contribution in [1.82, 2.24) is 0 Å². The number of rotatable bonds is 4. The number of ether oxygens (including phenoxy) is 2. The van der Waals surface area contributed by atoms with Crippen molar-refractivity contribution >= 4 is 11.6 Å². The first-order chi connectivity index (χ1) is 10.3. The van der Waals surface area contributed by atoms with Gasteiger partial charge in [0.25, 0.3) is 0 Å². The van der Waals surface area contributed by atoms with Crippen molar-refractivity contribution in [3.8, 4) is 5.75 Å². The van der Waals surface area contributed by atoms with E-state index in [1.165, 1.54) is 12.1 Å². The molecule has 1 N–H and O–H groups in total. The number of amides is 1. The van der Waals surface area contributed by atoms with Crippen molar-refractivity contribution in [2.75, 3.05) is 18.5 Å². The Hall–Kier alpha value is -1.76. The average molecular weight is 317 g/mol. The van der Waals surface area contributed by atoms with Gasteiger partial charge in [0, 0.05) is 6.61 Å². The molecule has 1 heterocycles. The lowest BCUT2D eigenvalue weighted by atomic mass is 10.1. The van der Waals surface area contributed by atoms with Crippen LogP contribution in [0.2, 0.25) is 0 Å². The first kappa shape index (κ1) is 16.6. The first-order valence-corrected chi connectivity index (χ1v) is 7.04. The fraction of sp³-hybridized carbons (Fsp3) is 0.533. The molecule has 0 radical (unpaired) electrons. The molecule has 1 amide bonds. The second-order valence-electron chi connectivity index (χ2n) is 5.42. The van der Waals surface area contributed by atoms with E-state index in [1.54, 1.807) is 13.8 Å². The lowest BCUT2D eigenvalue weighted by molar-refractivity contribution is -0.137. The van der Waals surface area contributed by atoms with Crippen molar-refractivity contribution in [1.29, 1.82) is 0 Å². The summed E-state index contributed by atoms with van der Waals surface area (Å²) in [5.74, 6) is -0.752. The van der Waals surface area contributed by atoms with E-state index in [2.05, 4.69) is 5.32 Å². The Balaban J connectivity index is 2.23. The molecule has 0 bridgehead atoms. The highest BCUT2D eigenvalue weighted by Crippen LogP contribution is 2.37. The van der Waals surface area contributed by atoms with Gasteiger partial charge in [-0.05, 0) is 38.5 Å². The van der Waals surface area contributed by atoms with Gasteiger partial charge in [0.2, 0.25) is 5.91 Å². The highest BCUT2D eigenvalue weighted by Gasteiger charge is 2.35. The van der Waals surface area contributed by atoms with Gasteiger partial charge in [-0.25, -0.2) is 0 Å². The highest BCUT2D eigenvalue weighted by atomic mass is 19.4. The maximum atomic E-state index is 13.2. The number of benzene rings is 1. The molecule has 1 aliphatic heterocycles. The Kier molecular flexibility index (Phi) is 4.95. The van der Waals surface area contributed by atoms with Crippen LogP contribution >= 0.6 is 0 Å². The second-order valence-corrected chi connectivity index (χ2v) is 5.42. The molecule has 1 aliphatic rings. The molecule has 4 nitrogen and oxygen atoms in total. The van der Waals surface area contributed by atoms with E-state index in [-0.39, 0.29) is 24.1 Å².